The van der Waals surface area contributed by atoms with Crippen LogP contribution in [0.25, 0.3) is 0 Å². The Morgan fingerprint density at radius 2 is 1.59 bits per heavy atom. The van der Waals surface area contributed by atoms with Crippen molar-refractivity contribution in [1.82, 2.24) is 4.90 Å². The molecule has 6 heteroatoms. The molecular formula is C28H37F2NO3. The molecule has 0 aromatic heterocycles. The molecule has 34 heavy (non-hydrogen) atoms. The number of rotatable bonds is 12. The van der Waals surface area contributed by atoms with E-state index < -0.39 is 0 Å². The van der Waals surface area contributed by atoms with Crippen molar-refractivity contribution in [3.8, 4) is 0 Å². The van der Waals surface area contributed by atoms with Gasteiger partial charge < -0.3 is 14.4 Å². The molecule has 3 rings (SSSR count). The number of carbonyl (C=O) groups is 1. The summed E-state index contributed by atoms with van der Waals surface area (Å²) in [6.07, 6.45) is 4.19. The van der Waals surface area contributed by atoms with E-state index in [-0.39, 0.29) is 23.7 Å². The second kappa shape index (κ2) is 13.5. The fraction of sp³-hybridized carbons (Fsp3) is 0.536. The maximum absolute atomic E-state index is 13.4. The quantitative estimate of drug-likeness (QED) is 0.274. The summed E-state index contributed by atoms with van der Waals surface area (Å²) in [5.41, 5.74) is 1.70. The number of carbonyl (C=O) groups excluding carboxylic acids is 1. The van der Waals surface area contributed by atoms with Crippen LogP contribution in [0.5, 0.6) is 0 Å². The first-order valence-electron chi connectivity index (χ1n) is 12.5. The van der Waals surface area contributed by atoms with Crippen molar-refractivity contribution in [2.24, 2.45) is 11.8 Å². The summed E-state index contributed by atoms with van der Waals surface area (Å²) in [6, 6.07) is 12.6. The number of halogens is 2. The van der Waals surface area contributed by atoms with Gasteiger partial charge in [0.05, 0.1) is 6.61 Å². The van der Waals surface area contributed by atoms with Crippen LogP contribution in [0, 0.1) is 23.5 Å². The summed E-state index contributed by atoms with van der Waals surface area (Å²) >= 11 is 0. The first-order valence-corrected chi connectivity index (χ1v) is 12.5. The molecule has 1 aliphatic rings. The fourth-order valence-corrected chi connectivity index (χ4v) is 4.82. The van der Waals surface area contributed by atoms with Crippen molar-refractivity contribution in [3.05, 3.63) is 71.3 Å². The number of unbranched alkanes of at least 4 members (excludes halogenated alkanes) is 1. The normalized spacial score (nSPS) is 18.9. The Bertz CT molecular complexity index is 827. The van der Waals surface area contributed by atoms with Crippen molar-refractivity contribution in [2.45, 2.75) is 52.1 Å². The summed E-state index contributed by atoms with van der Waals surface area (Å²) < 4.78 is 38.1. The van der Waals surface area contributed by atoms with E-state index in [9.17, 15) is 13.6 Å². The summed E-state index contributed by atoms with van der Waals surface area (Å²) in [5, 5.41) is 0. The summed E-state index contributed by atoms with van der Waals surface area (Å²) in [6.45, 7) is 8.10. The molecule has 0 amide bonds. The zero-order valence-electron chi connectivity index (χ0n) is 20.3. The lowest BCUT2D eigenvalue weighted by Gasteiger charge is -2.38. The largest absolute Gasteiger partial charge is 0.466 e. The van der Waals surface area contributed by atoms with Gasteiger partial charge in [-0.15, -0.1) is 0 Å². The van der Waals surface area contributed by atoms with E-state index >= 15 is 0 Å². The average Bonchev–Trinajstić information content (AvgIpc) is 2.84. The SMILES string of the molecule is CCOC(=O)C[C@@H]1CCN(CCCCOC(c2ccc(F)cc2)c2ccc(F)cc2)C[C@H]1CC. The van der Waals surface area contributed by atoms with Crippen LogP contribution in [0.2, 0.25) is 0 Å². The molecule has 0 aliphatic carbocycles. The average molecular weight is 474 g/mol. The molecule has 0 N–H and O–H groups in total. The maximum Gasteiger partial charge on any atom is 0.306 e. The first-order chi connectivity index (χ1) is 16.5. The van der Waals surface area contributed by atoms with Crippen LogP contribution < -0.4 is 0 Å². The minimum Gasteiger partial charge on any atom is -0.466 e. The second-order valence-electron chi connectivity index (χ2n) is 9.09. The Balaban J connectivity index is 1.46. The van der Waals surface area contributed by atoms with Crippen LogP contribution in [-0.2, 0) is 14.3 Å². The third-order valence-electron chi connectivity index (χ3n) is 6.73. The second-order valence-corrected chi connectivity index (χ2v) is 9.09. The molecule has 2 aromatic rings. The highest BCUT2D eigenvalue weighted by Crippen LogP contribution is 2.30. The molecule has 0 saturated carbocycles. The van der Waals surface area contributed by atoms with Crippen LogP contribution in [0.1, 0.15) is 63.2 Å². The van der Waals surface area contributed by atoms with Gasteiger partial charge in [-0.1, -0.05) is 37.6 Å². The van der Waals surface area contributed by atoms with E-state index in [1.54, 1.807) is 24.3 Å². The zero-order valence-corrected chi connectivity index (χ0v) is 20.3. The number of ether oxygens (including phenoxy) is 2. The van der Waals surface area contributed by atoms with E-state index in [4.69, 9.17) is 9.47 Å². The topological polar surface area (TPSA) is 38.8 Å². The molecule has 0 bridgehead atoms. The maximum atomic E-state index is 13.4. The standard InChI is InChI=1S/C28H37F2NO3/c1-3-21-20-31(17-15-24(21)19-27(32)33-4-2)16-5-6-18-34-28(22-7-11-25(29)12-8-22)23-9-13-26(30)14-10-23/h7-14,21,24,28H,3-6,15-20H2,1-2H3/t21-,24+/m1/s1. The van der Waals surface area contributed by atoms with E-state index in [0.717, 1.165) is 56.4 Å². The first kappa shape index (κ1) is 26.3. The minimum absolute atomic E-state index is 0.0755. The summed E-state index contributed by atoms with van der Waals surface area (Å²) in [7, 11) is 0. The van der Waals surface area contributed by atoms with Crippen molar-refractivity contribution in [1.29, 1.82) is 0 Å². The van der Waals surface area contributed by atoms with E-state index in [0.29, 0.717) is 31.5 Å². The number of hydrogen-bond donors (Lipinski definition) is 0. The van der Waals surface area contributed by atoms with Crippen molar-refractivity contribution < 1.29 is 23.0 Å². The van der Waals surface area contributed by atoms with Gasteiger partial charge in [-0.2, -0.15) is 0 Å². The Kier molecular flexibility index (Phi) is 10.5. The molecular weight excluding hydrogens is 436 g/mol. The minimum atomic E-state index is -0.357. The van der Waals surface area contributed by atoms with E-state index in [1.165, 1.54) is 24.3 Å². The predicted molar refractivity (Wildman–Crippen MR) is 129 cm³/mol. The third-order valence-corrected chi connectivity index (χ3v) is 6.73. The summed E-state index contributed by atoms with van der Waals surface area (Å²) in [5.74, 6) is 0.274. The monoisotopic (exact) mass is 473 g/mol. The third kappa shape index (κ3) is 7.88. The van der Waals surface area contributed by atoms with Gasteiger partial charge in [0.25, 0.3) is 0 Å². The predicted octanol–water partition coefficient (Wildman–Crippen LogP) is 6.15. The number of nitrogens with zero attached hydrogens (tertiary/aromatic N) is 1. The molecule has 4 nitrogen and oxygen atoms in total. The number of likely N-dealkylation sites (tertiary alicyclic amines) is 1. The highest BCUT2D eigenvalue weighted by Gasteiger charge is 2.29. The molecule has 0 radical (unpaired) electrons. The van der Waals surface area contributed by atoms with Crippen LogP contribution >= 0.6 is 0 Å². The molecule has 0 unspecified atom stereocenters. The highest BCUT2D eigenvalue weighted by atomic mass is 19.1. The van der Waals surface area contributed by atoms with Crippen molar-refractivity contribution in [3.63, 3.8) is 0 Å². The number of piperidine rings is 1. The van der Waals surface area contributed by atoms with Crippen LogP contribution in [0.4, 0.5) is 8.78 Å². The molecule has 1 aliphatic heterocycles. The lowest BCUT2D eigenvalue weighted by molar-refractivity contribution is -0.145. The van der Waals surface area contributed by atoms with Crippen molar-refractivity contribution >= 4 is 5.97 Å². The van der Waals surface area contributed by atoms with Gasteiger partial charge in [0, 0.05) is 19.6 Å². The Morgan fingerprint density at radius 3 is 2.15 bits per heavy atom. The van der Waals surface area contributed by atoms with Gasteiger partial charge >= 0.3 is 5.97 Å². The number of esters is 1. The van der Waals surface area contributed by atoms with E-state index in [1.807, 2.05) is 6.92 Å². The van der Waals surface area contributed by atoms with Gasteiger partial charge in [-0.05, 0) is 86.5 Å². The Morgan fingerprint density at radius 1 is 0.971 bits per heavy atom. The van der Waals surface area contributed by atoms with Gasteiger partial charge in [-0.25, -0.2) is 8.78 Å². The van der Waals surface area contributed by atoms with Crippen LogP contribution in [0.15, 0.2) is 48.5 Å². The zero-order chi connectivity index (χ0) is 24.3. The van der Waals surface area contributed by atoms with Gasteiger partial charge in [-0.3, -0.25) is 4.79 Å². The van der Waals surface area contributed by atoms with Crippen LogP contribution in [0.3, 0.4) is 0 Å². The van der Waals surface area contributed by atoms with Gasteiger partial charge in [0.15, 0.2) is 0 Å². The molecule has 0 spiro atoms. The molecule has 1 heterocycles. The van der Waals surface area contributed by atoms with Crippen molar-refractivity contribution in [2.75, 3.05) is 32.8 Å². The van der Waals surface area contributed by atoms with Crippen LogP contribution in [-0.4, -0.2) is 43.7 Å². The molecule has 1 fully saturated rings. The molecule has 1 saturated heterocycles. The smallest absolute Gasteiger partial charge is 0.306 e. The Labute approximate surface area is 202 Å². The van der Waals surface area contributed by atoms with E-state index in [2.05, 4.69) is 11.8 Å². The molecule has 186 valence electrons. The summed E-state index contributed by atoms with van der Waals surface area (Å²) in [4.78, 5) is 14.4. The molecule has 2 aromatic carbocycles. The number of hydrogen-bond acceptors (Lipinski definition) is 4. The molecule has 2 atom stereocenters. The lowest BCUT2D eigenvalue weighted by Crippen LogP contribution is -2.41. The number of benzene rings is 2. The highest BCUT2D eigenvalue weighted by molar-refractivity contribution is 5.69. The fourth-order valence-electron chi connectivity index (χ4n) is 4.82. The van der Waals surface area contributed by atoms with Gasteiger partial charge in [0.1, 0.15) is 17.7 Å². The lowest BCUT2D eigenvalue weighted by atomic mass is 9.81. The Hall–Kier alpha value is -2.31. The van der Waals surface area contributed by atoms with Gasteiger partial charge in [0.2, 0.25) is 0 Å².